The van der Waals surface area contributed by atoms with E-state index in [-0.39, 0.29) is 20.8 Å². The molecule has 112 valence electrons. The molecule has 2 aromatic rings. The molecule has 0 aromatic heterocycles. The number of hydrogen-bond acceptors (Lipinski definition) is 1. The maximum absolute atomic E-state index is 12.8. The zero-order chi connectivity index (χ0) is 15.8. The van der Waals surface area contributed by atoms with Gasteiger partial charge in [0.25, 0.3) is 0 Å². The van der Waals surface area contributed by atoms with Crippen molar-refractivity contribution in [2.75, 3.05) is 7.11 Å². The minimum Gasteiger partial charge on any atom is -0.496 e. The highest BCUT2D eigenvalue weighted by Gasteiger charge is 2.34. The van der Waals surface area contributed by atoms with Gasteiger partial charge in [0.15, 0.2) is 0 Å². The van der Waals surface area contributed by atoms with Gasteiger partial charge in [0.1, 0.15) is 5.75 Å². The highest BCUT2D eigenvalue weighted by atomic mass is 35.5. The summed E-state index contributed by atoms with van der Waals surface area (Å²) in [6, 6.07) is 6.45. The van der Waals surface area contributed by atoms with Crippen LogP contribution in [0.5, 0.6) is 5.75 Å². The van der Waals surface area contributed by atoms with Crippen LogP contribution >= 0.6 is 34.8 Å². The molecule has 7 heteroatoms. The number of ether oxygens (including phenoxy) is 1. The third kappa shape index (κ3) is 3.23. The maximum atomic E-state index is 12.8. The maximum Gasteiger partial charge on any atom is 0.419 e. The van der Waals surface area contributed by atoms with Crippen molar-refractivity contribution in [3.05, 3.63) is 51.0 Å². The summed E-state index contributed by atoms with van der Waals surface area (Å²) in [6.45, 7) is 0. The molecule has 0 fully saturated rings. The summed E-state index contributed by atoms with van der Waals surface area (Å²) >= 11 is 18.0. The van der Waals surface area contributed by atoms with Gasteiger partial charge in [-0.3, -0.25) is 0 Å². The smallest absolute Gasteiger partial charge is 0.419 e. The molecule has 0 saturated heterocycles. The monoisotopic (exact) mass is 354 g/mol. The number of hydrogen-bond donors (Lipinski definition) is 0. The van der Waals surface area contributed by atoms with Gasteiger partial charge in [0.05, 0.1) is 22.7 Å². The molecule has 0 N–H and O–H groups in total. The number of alkyl halides is 3. The van der Waals surface area contributed by atoms with Crippen molar-refractivity contribution in [2.24, 2.45) is 0 Å². The molecule has 0 aliphatic rings. The van der Waals surface area contributed by atoms with Crippen molar-refractivity contribution in [2.45, 2.75) is 6.18 Å². The highest BCUT2D eigenvalue weighted by Crippen LogP contribution is 2.43. The number of rotatable bonds is 2. The summed E-state index contributed by atoms with van der Waals surface area (Å²) in [6.07, 6.45) is -4.51. The van der Waals surface area contributed by atoms with Crippen LogP contribution in [-0.2, 0) is 6.18 Å². The molecule has 0 amide bonds. The van der Waals surface area contributed by atoms with E-state index in [4.69, 9.17) is 39.5 Å². The molecule has 0 radical (unpaired) electrons. The average molecular weight is 356 g/mol. The molecule has 0 bridgehead atoms. The molecule has 1 nitrogen and oxygen atoms in total. The van der Waals surface area contributed by atoms with Crippen molar-refractivity contribution in [1.29, 1.82) is 0 Å². The normalized spacial score (nSPS) is 11.6. The Morgan fingerprint density at radius 3 is 2.14 bits per heavy atom. The van der Waals surface area contributed by atoms with E-state index in [0.717, 1.165) is 13.2 Å². The van der Waals surface area contributed by atoms with E-state index >= 15 is 0 Å². The third-order valence-electron chi connectivity index (χ3n) is 2.84. The van der Waals surface area contributed by atoms with Gasteiger partial charge in [0.2, 0.25) is 0 Å². The fourth-order valence-corrected chi connectivity index (χ4v) is 2.62. The summed E-state index contributed by atoms with van der Waals surface area (Å²) in [5, 5.41) is 0.715. The van der Waals surface area contributed by atoms with E-state index in [0.29, 0.717) is 11.1 Å². The van der Waals surface area contributed by atoms with E-state index in [1.165, 1.54) is 24.3 Å². The van der Waals surface area contributed by atoms with Gasteiger partial charge in [-0.2, -0.15) is 13.2 Å². The van der Waals surface area contributed by atoms with Crippen LogP contribution in [-0.4, -0.2) is 7.11 Å². The molecule has 0 spiro atoms. The molecule has 0 atom stereocenters. The first-order chi connectivity index (χ1) is 9.75. The van der Waals surface area contributed by atoms with Crippen LogP contribution in [0.2, 0.25) is 15.1 Å². The van der Waals surface area contributed by atoms with Crippen LogP contribution in [0.1, 0.15) is 5.56 Å². The van der Waals surface area contributed by atoms with E-state index in [2.05, 4.69) is 0 Å². The first-order valence-electron chi connectivity index (χ1n) is 5.64. The molecule has 0 heterocycles. The Morgan fingerprint density at radius 2 is 1.57 bits per heavy atom. The lowest BCUT2D eigenvalue weighted by molar-refractivity contribution is -0.138. The SMILES string of the molecule is COc1cc(-c2c(Cl)ccc(Cl)c2Cl)ccc1C(F)(F)F. The first kappa shape index (κ1) is 16.3. The highest BCUT2D eigenvalue weighted by molar-refractivity contribution is 6.46. The van der Waals surface area contributed by atoms with Gasteiger partial charge in [-0.15, -0.1) is 0 Å². The van der Waals surface area contributed by atoms with Crippen LogP contribution in [0.25, 0.3) is 11.1 Å². The number of halogens is 6. The summed E-state index contributed by atoms with van der Waals surface area (Å²) < 4.78 is 43.3. The van der Waals surface area contributed by atoms with Crippen LogP contribution in [0.3, 0.4) is 0 Å². The third-order valence-corrected chi connectivity index (χ3v) is 3.96. The zero-order valence-corrected chi connectivity index (χ0v) is 12.8. The van der Waals surface area contributed by atoms with E-state index in [9.17, 15) is 13.2 Å². The standard InChI is InChI=1S/C14H8Cl3F3O/c1-21-11-6-7(2-3-8(11)14(18,19)20)12-9(15)4-5-10(16)13(12)17/h2-6H,1H3. The van der Waals surface area contributed by atoms with Gasteiger partial charge in [0, 0.05) is 10.6 Å². The Hall–Kier alpha value is -1.10. The fourth-order valence-electron chi connectivity index (χ4n) is 1.87. The molecule has 0 saturated carbocycles. The number of benzene rings is 2. The van der Waals surface area contributed by atoms with Crippen LogP contribution in [0.15, 0.2) is 30.3 Å². The molecule has 0 aliphatic heterocycles. The fraction of sp³-hybridized carbons (Fsp3) is 0.143. The first-order valence-corrected chi connectivity index (χ1v) is 6.78. The second-order valence-corrected chi connectivity index (χ2v) is 5.32. The molecule has 0 unspecified atom stereocenters. The summed E-state index contributed by atoms with van der Waals surface area (Å²) in [4.78, 5) is 0. The molecule has 21 heavy (non-hydrogen) atoms. The Kier molecular flexibility index (Phi) is 4.61. The Morgan fingerprint density at radius 1 is 0.952 bits per heavy atom. The molecule has 0 aliphatic carbocycles. The van der Waals surface area contributed by atoms with Crippen molar-refractivity contribution < 1.29 is 17.9 Å². The Bertz CT molecular complexity index is 684. The Balaban J connectivity index is 2.65. The zero-order valence-electron chi connectivity index (χ0n) is 10.6. The van der Waals surface area contributed by atoms with Gasteiger partial charge in [-0.1, -0.05) is 40.9 Å². The van der Waals surface area contributed by atoms with Crippen molar-refractivity contribution in [3.63, 3.8) is 0 Å². The predicted octanol–water partition coefficient (Wildman–Crippen LogP) is 6.34. The lowest BCUT2D eigenvalue weighted by atomic mass is 10.0. The quantitative estimate of drug-likeness (QED) is 0.571. The van der Waals surface area contributed by atoms with Gasteiger partial charge in [-0.25, -0.2) is 0 Å². The lowest BCUT2D eigenvalue weighted by Gasteiger charge is -2.15. The molecule has 2 rings (SSSR count). The largest absolute Gasteiger partial charge is 0.496 e. The van der Waals surface area contributed by atoms with E-state index in [1.54, 1.807) is 0 Å². The summed E-state index contributed by atoms with van der Waals surface area (Å²) in [5.74, 6) is -0.313. The van der Waals surface area contributed by atoms with Crippen molar-refractivity contribution in [1.82, 2.24) is 0 Å². The van der Waals surface area contributed by atoms with Crippen LogP contribution in [0, 0.1) is 0 Å². The summed E-state index contributed by atoms with van der Waals surface area (Å²) in [7, 11) is 1.16. The van der Waals surface area contributed by atoms with Gasteiger partial charge < -0.3 is 4.74 Å². The van der Waals surface area contributed by atoms with Gasteiger partial charge in [-0.05, 0) is 29.8 Å². The minimum absolute atomic E-state index is 0.172. The van der Waals surface area contributed by atoms with Crippen LogP contribution < -0.4 is 4.74 Å². The van der Waals surface area contributed by atoms with Crippen molar-refractivity contribution >= 4 is 34.8 Å². The van der Waals surface area contributed by atoms with Gasteiger partial charge >= 0.3 is 6.18 Å². The van der Waals surface area contributed by atoms with E-state index < -0.39 is 11.7 Å². The minimum atomic E-state index is -4.51. The topological polar surface area (TPSA) is 9.23 Å². The van der Waals surface area contributed by atoms with E-state index in [1.807, 2.05) is 0 Å². The Labute approximate surface area is 134 Å². The lowest BCUT2D eigenvalue weighted by Crippen LogP contribution is -2.07. The molecular weight excluding hydrogens is 348 g/mol. The molecule has 2 aromatic carbocycles. The second kappa shape index (κ2) is 5.95. The summed E-state index contributed by atoms with van der Waals surface area (Å²) in [5.41, 5.74) is -0.127. The molecular formula is C14H8Cl3F3O. The van der Waals surface area contributed by atoms with Crippen molar-refractivity contribution in [3.8, 4) is 16.9 Å². The van der Waals surface area contributed by atoms with Crippen LogP contribution in [0.4, 0.5) is 13.2 Å². The second-order valence-electron chi connectivity index (χ2n) is 4.13. The number of methoxy groups -OCH3 is 1. The average Bonchev–Trinajstić information content (AvgIpc) is 2.42. The predicted molar refractivity (Wildman–Crippen MR) is 78.5 cm³/mol.